The van der Waals surface area contributed by atoms with E-state index < -0.39 is 17.5 Å². The number of carbonyl (C=O) groups is 2. The standard InChI is InChI=1S/C22H19F2N3O2/c23-18-10-4-9-17(20(18)24)21(28)25-14-6-3-5-13(11-14)12-19-15-7-1-2-8-16(15)22(29)27-26-19/h3-6,9-11,19H,1-2,7-8,12H2,(H,25,28). The summed E-state index contributed by atoms with van der Waals surface area (Å²) in [5, 5.41) is 10.6. The fourth-order valence-corrected chi connectivity index (χ4v) is 3.83. The topological polar surface area (TPSA) is 70.9 Å². The molecule has 1 heterocycles. The van der Waals surface area contributed by atoms with Gasteiger partial charge in [-0.05, 0) is 61.1 Å². The van der Waals surface area contributed by atoms with Crippen LogP contribution in [0.25, 0.3) is 0 Å². The van der Waals surface area contributed by atoms with Crippen molar-refractivity contribution in [2.45, 2.75) is 38.1 Å². The molecular formula is C22H19F2N3O2. The molecule has 7 heteroatoms. The quantitative estimate of drug-likeness (QED) is 0.792. The summed E-state index contributed by atoms with van der Waals surface area (Å²) >= 11 is 0. The van der Waals surface area contributed by atoms with Crippen LogP contribution < -0.4 is 5.32 Å². The maximum absolute atomic E-state index is 13.8. The van der Waals surface area contributed by atoms with Crippen molar-refractivity contribution >= 4 is 17.5 Å². The van der Waals surface area contributed by atoms with Gasteiger partial charge in [-0.15, -0.1) is 5.11 Å². The number of halogens is 2. The fraction of sp³-hybridized carbons (Fsp3) is 0.273. The van der Waals surface area contributed by atoms with Crippen LogP contribution in [0.15, 0.2) is 63.8 Å². The van der Waals surface area contributed by atoms with Crippen LogP contribution in [0.5, 0.6) is 0 Å². The van der Waals surface area contributed by atoms with Crippen LogP contribution in [0.2, 0.25) is 0 Å². The number of hydrogen-bond acceptors (Lipinski definition) is 3. The molecule has 29 heavy (non-hydrogen) atoms. The molecule has 148 valence electrons. The van der Waals surface area contributed by atoms with Gasteiger partial charge >= 0.3 is 0 Å². The Labute approximate surface area is 166 Å². The number of benzene rings is 2. The molecule has 5 nitrogen and oxygen atoms in total. The third-order valence-corrected chi connectivity index (χ3v) is 5.27. The first-order chi connectivity index (χ1) is 14.0. The Morgan fingerprint density at radius 1 is 1.10 bits per heavy atom. The van der Waals surface area contributed by atoms with Crippen molar-refractivity contribution in [1.29, 1.82) is 0 Å². The first kappa shape index (κ1) is 19.1. The molecule has 1 aliphatic heterocycles. The highest BCUT2D eigenvalue weighted by atomic mass is 19.2. The molecule has 2 amide bonds. The van der Waals surface area contributed by atoms with Gasteiger partial charge in [-0.25, -0.2) is 8.78 Å². The molecule has 1 atom stereocenters. The molecule has 0 bridgehead atoms. The summed E-state index contributed by atoms with van der Waals surface area (Å²) in [5.41, 5.74) is 2.87. The Kier molecular flexibility index (Phi) is 5.29. The summed E-state index contributed by atoms with van der Waals surface area (Å²) in [6.07, 6.45) is 4.17. The van der Waals surface area contributed by atoms with E-state index in [2.05, 4.69) is 15.5 Å². The number of amides is 2. The average Bonchev–Trinajstić information content (AvgIpc) is 2.72. The van der Waals surface area contributed by atoms with Crippen LogP contribution in [-0.2, 0) is 11.2 Å². The monoisotopic (exact) mass is 395 g/mol. The highest BCUT2D eigenvalue weighted by Gasteiger charge is 2.29. The second-order valence-corrected chi connectivity index (χ2v) is 7.21. The van der Waals surface area contributed by atoms with E-state index in [-0.39, 0.29) is 17.5 Å². The van der Waals surface area contributed by atoms with Crippen LogP contribution in [0, 0.1) is 11.6 Å². The van der Waals surface area contributed by atoms with Crippen molar-refractivity contribution in [3.8, 4) is 0 Å². The second kappa shape index (κ2) is 8.03. The van der Waals surface area contributed by atoms with Crippen LogP contribution in [0.1, 0.15) is 41.6 Å². The minimum Gasteiger partial charge on any atom is -0.322 e. The molecule has 2 aromatic rings. The Morgan fingerprint density at radius 3 is 2.76 bits per heavy atom. The molecule has 2 aliphatic rings. The number of anilines is 1. The zero-order valence-corrected chi connectivity index (χ0v) is 15.6. The molecule has 1 unspecified atom stereocenters. The summed E-state index contributed by atoms with van der Waals surface area (Å²) < 4.78 is 27.2. The van der Waals surface area contributed by atoms with E-state index in [9.17, 15) is 18.4 Å². The highest BCUT2D eigenvalue weighted by molar-refractivity contribution is 6.04. The van der Waals surface area contributed by atoms with Gasteiger partial charge in [0.15, 0.2) is 11.6 Å². The zero-order valence-electron chi connectivity index (χ0n) is 15.6. The minimum atomic E-state index is -1.18. The van der Waals surface area contributed by atoms with Crippen molar-refractivity contribution in [2.75, 3.05) is 5.32 Å². The number of nitrogens with zero attached hydrogens (tertiary/aromatic N) is 2. The van der Waals surface area contributed by atoms with Crippen LogP contribution in [0.4, 0.5) is 14.5 Å². The van der Waals surface area contributed by atoms with Crippen molar-refractivity contribution < 1.29 is 18.4 Å². The summed E-state index contributed by atoms with van der Waals surface area (Å²) in [4.78, 5) is 24.3. The maximum atomic E-state index is 13.8. The van der Waals surface area contributed by atoms with E-state index in [0.717, 1.165) is 48.5 Å². The van der Waals surface area contributed by atoms with Crippen LogP contribution in [-0.4, -0.2) is 17.9 Å². The molecule has 0 saturated heterocycles. The van der Waals surface area contributed by atoms with E-state index in [1.165, 1.54) is 12.1 Å². The van der Waals surface area contributed by atoms with Gasteiger partial charge in [0.1, 0.15) is 0 Å². The first-order valence-electron chi connectivity index (χ1n) is 9.54. The predicted octanol–water partition coefficient (Wildman–Crippen LogP) is 4.99. The third-order valence-electron chi connectivity index (χ3n) is 5.27. The molecule has 2 aromatic carbocycles. The summed E-state index contributed by atoms with van der Waals surface area (Å²) in [6.45, 7) is 0. The average molecular weight is 395 g/mol. The van der Waals surface area contributed by atoms with Gasteiger partial charge in [-0.1, -0.05) is 18.2 Å². The van der Waals surface area contributed by atoms with Gasteiger partial charge < -0.3 is 5.32 Å². The van der Waals surface area contributed by atoms with E-state index in [4.69, 9.17) is 0 Å². The Hall–Kier alpha value is -3.22. The number of rotatable bonds is 4. The lowest BCUT2D eigenvalue weighted by Gasteiger charge is -2.25. The van der Waals surface area contributed by atoms with E-state index >= 15 is 0 Å². The predicted molar refractivity (Wildman–Crippen MR) is 104 cm³/mol. The molecule has 1 N–H and O–H groups in total. The lowest BCUT2D eigenvalue weighted by atomic mass is 9.84. The SMILES string of the molecule is O=C1N=NC(Cc2cccc(NC(=O)c3cccc(F)c3F)c2)C2=C1CCCC2. The summed E-state index contributed by atoms with van der Waals surface area (Å²) in [6, 6.07) is 10.4. The van der Waals surface area contributed by atoms with Crippen molar-refractivity contribution in [2.24, 2.45) is 10.2 Å². The lowest BCUT2D eigenvalue weighted by molar-refractivity contribution is -0.115. The normalized spacial score (nSPS) is 18.6. The van der Waals surface area contributed by atoms with E-state index in [1.807, 2.05) is 6.07 Å². The van der Waals surface area contributed by atoms with Gasteiger partial charge in [0.2, 0.25) is 0 Å². The second-order valence-electron chi connectivity index (χ2n) is 7.21. The summed E-state index contributed by atoms with van der Waals surface area (Å²) in [7, 11) is 0. The number of nitrogens with one attached hydrogen (secondary N) is 1. The fourth-order valence-electron chi connectivity index (χ4n) is 3.83. The first-order valence-corrected chi connectivity index (χ1v) is 9.54. The number of hydrogen-bond donors (Lipinski definition) is 1. The van der Waals surface area contributed by atoms with Crippen LogP contribution in [0.3, 0.4) is 0 Å². The van der Waals surface area contributed by atoms with E-state index in [0.29, 0.717) is 12.1 Å². The lowest BCUT2D eigenvalue weighted by Crippen LogP contribution is -2.23. The number of azo groups is 1. The zero-order chi connectivity index (χ0) is 20.4. The van der Waals surface area contributed by atoms with Gasteiger partial charge in [-0.2, -0.15) is 5.11 Å². The molecule has 0 saturated carbocycles. The smallest absolute Gasteiger partial charge is 0.291 e. The summed E-state index contributed by atoms with van der Waals surface area (Å²) in [5.74, 6) is -3.20. The largest absolute Gasteiger partial charge is 0.322 e. The van der Waals surface area contributed by atoms with Crippen molar-refractivity contribution in [3.63, 3.8) is 0 Å². The minimum absolute atomic E-state index is 0.186. The Bertz CT molecular complexity index is 1050. The molecule has 0 aromatic heterocycles. The molecule has 0 radical (unpaired) electrons. The van der Waals surface area contributed by atoms with Crippen LogP contribution >= 0.6 is 0 Å². The highest BCUT2D eigenvalue weighted by Crippen LogP contribution is 2.33. The van der Waals surface area contributed by atoms with Gasteiger partial charge in [0, 0.05) is 17.7 Å². The van der Waals surface area contributed by atoms with Gasteiger partial charge in [-0.3, -0.25) is 9.59 Å². The Morgan fingerprint density at radius 2 is 1.90 bits per heavy atom. The molecule has 4 rings (SSSR count). The molecule has 0 fully saturated rings. The maximum Gasteiger partial charge on any atom is 0.291 e. The van der Waals surface area contributed by atoms with Crippen molar-refractivity contribution in [1.82, 2.24) is 0 Å². The Balaban J connectivity index is 1.51. The van der Waals surface area contributed by atoms with Crippen molar-refractivity contribution in [3.05, 3.63) is 76.4 Å². The third kappa shape index (κ3) is 3.99. The van der Waals surface area contributed by atoms with Gasteiger partial charge in [0.05, 0.1) is 11.6 Å². The van der Waals surface area contributed by atoms with E-state index in [1.54, 1.807) is 18.2 Å². The molecular weight excluding hydrogens is 376 g/mol. The van der Waals surface area contributed by atoms with Gasteiger partial charge in [0.25, 0.3) is 11.8 Å². The molecule has 0 spiro atoms. The molecule has 1 aliphatic carbocycles. The number of carbonyl (C=O) groups excluding carboxylic acids is 2.